The van der Waals surface area contributed by atoms with Gasteiger partial charge in [0, 0.05) is 11.6 Å². The number of carbonyl (C=O) groups is 1. The number of nitrogens with zero attached hydrogens (tertiary/aromatic N) is 2. The number of rotatable bonds is 3. The zero-order chi connectivity index (χ0) is 16.9. The van der Waals surface area contributed by atoms with Crippen molar-refractivity contribution in [2.45, 2.75) is 13.3 Å². The van der Waals surface area contributed by atoms with Crippen LogP contribution in [0.1, 0.15) is 22.8 Å². The Bertz CT molecular complexity index is 904. The molecule has 0 aliphatic carbocycles. The van der Waals surface area contributed by atoms with Crippen molar-refractivity contribution in [2.75, 3.05) is 0 Å². The maximum Gasteiger partial charge on any atom is 0.258 e. The van der Waals surface area contributed by atoms with Gasteiger partial charge in [-0.2, -0.15) is 0 Å². The molecule has 0 unspecified atom stereocenters. The van der Waals surface area contributed by atoms with E-state index < -0.39 is 0 Å². The van der Waals surface area contributed by atoms with Crippen molar-refractivity contribution >= 4 is 28.5 Å². The van der Waals surface area contributed by atoms with Gasteiger partial charge in [-0.25, -0.2) is 4.99 Å². The first kappa shape index (κ1) is 15.7. The predicted molar refractivity (Wildman–Crippen MR) is 96.3 cm³/mol. The Kier molecular flexibility index (Phi) is 4.52. The number of nitrogens with one attached hydrogen (secondary N) is 1. The number of fused-ring (bicyclic) bond motifs is 1. The Balaban J connectivity index is 1.95. The van der Waals surface area contributed by atoms with Crippen LogP contribution in [0.5, 0.6) is 0 Å². The molecule has 0 spiro atoms. The van der Waals surface area contributed by atoms with E-state index in [1.54, 1.807) is 6.20 Å². The van der Waals surface area contributed by atoms with Gasteiger partial charge in [0.1, 0.15) is 0 Å². The van der Waals surface area contributed by atoms with E-state index in [1.165, 1.54) is 0 Å². The second kappa shape index (κ2) is 6.91. The van der Waals surface area contributed by atoms with Gasteiger partial charge in [0.25, 0.3) is 5.91 Å². The molecular weight excluding hydrogens is 300 g/mol. The molecule has 3 N–H and O–H groups in total. The van der Waals surface area contributed by atoms with E-state index in [4.69, 9.17) is 5.73 Å². The molecule has 2 aromatic carbocycles. The molecule has 3 aromatic rings. The third-order valence-electron chi connectivity index (χ3n) is 3.71. The molecule has 0 atom stereocenters. The van der Waals surface area contributed by atoms with E-state index in [0.717, 1.165) is 16.5 Å². The van der Waals surface area contributed by atoms with E-state index >= 15 is 0 Å². The van der Waals surface area contributed by atoms with Crippen LogP contribution in [0, 0.1) is 0 Å². The predicted octanol–water partition coefficient (Wildman–Crippen LogP) is 3.17. The number of aryl methyl sites for hydroxylation is 1. The van der Waals surface area contributed by atoms with Crippen LogP contribution in [0.25, 0.3) is 10.9 Å². The molecule has 0 fully saturated rings. The van der Waals surface area contributed by atoms with Crippen molar-refractivity contribution in [2.24, 2.45) is 10.7 Å². The lowest BCUT2D eigenvalue weighted by Gasteiger charge is -2.11. The van der Waals surface area contributed by atoms with Crippen LogP contribution in [0.2, 0.25) is 0 Å². The number of aliphatic imine (C=N–C) groups is 1. The quantitative estimate of drug-likeness (QED) is 0.575. The average Bonchev–Trinajstić information content (AvgIpc) is 2.61. The molecule has 1 aromatic heterocycles. The van der Waals surface area contributed by atoms with Crippen molar-refractivity contribution in [3.05, 3.63) is 71.9 Å². The highest BCUT2D eigenvalue weighted by Crippen LogP contribution is 2.21. The van der Waals surface area contributed by atoms with Crippen LogP contribution in [-0.4, -0.2) is 16.9 Å². The molecule has 24 heavy (non-hydrogen) atoms. The minimum absolute atomic E-state index is 0.0640. The molecule has 1 amide bonds. The van der Waals surface area contributed by atoms with Crippen LogP contribution < -0.4 is 11.1 Å². The highest BCUT2D eigenvalue weighted by molar-refractivity contribution is 6.13. The lowest BCUT2D eigenvalue weighted by atomic mass is 10.0. The van der Waals surface area contributed by atoms with Gasteiger partial charge in [-0.05, 0) is 30.2 Å². The van der Waals surface area contributed by atoms with E-state index in [-0.39, 0.29) is 11.9 Å². The molecule has 0 aliphatic heterocycles. The average molecular weight is 318 g/mol. The molecule has 0 bridgehead atoms. The summed E-state index contributed by atoms with van der Waals surface area (Å²) in [4.78, 5) is 21.3. The Hall–Kier alpha value is -3.21. The summed E-state index contributed by atoms with van der Waals surface area (Å²) < 4.78 is 0. The van der Waals surface area contributed by atoms with Crippen molar-refractivity contribution in [1.29, 1.82) is 0 Å². The van der Waals surface area contributed by atoms with Crippen LogP contribution in [0.4, 0.5) is 5.69 Å². The van der Waals surface area contributed by atoms with Gasteiger partial charge in [0.2, 0.25) is 5.96 Å². The van der Waals surface area contributed by atoms with Gasteiger partial charge < -0.3 is 5.73 Å². The number of aromatic nitrogens is 1. The summed E-state index contributed by atoms with van der Waals surface area (Å²) >= 11 is 0. The Morgan fingerprint density at radius 2 is 1.83 bits per heavy atom. The van der Waals surface area contributed by atoms with Crippen molar-refractivity contribution in [3.8, 4) is 0 Å². The van der Waals surface area contributed by atoms with Gasteiger partial charge in [-0.15, -0.1) is 0 Å². The number of benzene rings is 2. The number of hydrogen-bond acceptors (Lipinski definition) is 3. The minimum Gasteiger partial charge on any atom is -0.369 e. The Labute approximate surface area is 140 Å². The van der Waals surface area contributed by atoms with Crippen molar-refractivity contribution in [1.82, 2.24) is 10.3 Å². The first-order valence-electron chi connectivity index (χ1n) is 7.76. The van der Waals surface area contributed by atoms with E-state index in [0.29, 0.717) is 17.7 Å². The molecule has 5 heteroatoms. The van der Waals surface area contributed by atoms with E-state index in [9.17, 15) is 4.79 Å². The molecular formula is C19H18N4O. The zero-order valence-corrected chi connectivity index (χ0v) is 13.4. The summed E-state index contributed by atoms with van der Waals surface area (Å²) in [6.07, 6.45) is 2.44. The first-order valence-corrected chi connectivity index (χ1v) is 7.76. The van der Waals surface area contributed by atoms with Gasteiger partial charge in [-0.1, -0.05) is 43.3 Å². The Morgan fingerprint density at radius 3 is 2.58 bits per heavy atom. The van der Waals surface area contributed by atoms with Gasteiger partial charge in [-0.3, -0.25) is 15.1 Å². The summed E-state index contributed by atoms with van der Waals surface area (Å²) in [7, 11) is 0. The lowest BCUT2D eigenvalue weighted by molar-refractivity contribution is 0.0977. The number of guanidine groups is 1. The number of pyridine rings is 1. The fourth-order valence-electron chi connectivity index (χ4n) is 2.57. The Morgan fingerprint density at radius 1 is 1.12 bits per heavy atom. The fraction of sp³-hybridized carbons (Fsp3) is 0.105. The van der Waals surface area contributed by atoms with Gasteiger partial charge in [0.15, 0.2) is 0 Å². The third-order valence-corrected chi connectivity index (χ3v) is 3.71. The number of hydrogen-bond donors (Lipinski definition) is 2. The van der Waals surface area contributed by atoms with Crippen LogP contribution in [0.3, 0.4) is 0 Å². The van der Waals surface area contributed by atoms with Crippen LogP contribution in [-0.2, 0) is 6.42 Å². The number of para-hydroxylation sites is 2. The summed E-state index contributed by atoms with van der Waals surface area (Å²) in [5, 5.41) is 3.48. The third kappa shape index (κ3) is 3.25. The molecule has 0 radical (unpaired) electrons. The molecule has 5 nitrogen and oxygen atoms in total. The molecule has 3 rings (SSSR count). The standard InChI is InChI=1S/C19H18N4O/c1-2-13-12-21-16-11-7-6-10-15(16)17(13)18(24)23-19(20)22-14-8-4-3-5-9-14/h3-12H,2H2,1H3,(H3,20,22,23,24). The summed E-state index contributed by atoms with van der Waals surface area (Å²) in [6.45, 7) is 1.99. The van der Waals surface area contributed by atoms with Crippen LogP contribution >= 0.6 is 0 Å². The minimum atomic E-state index is -0.275. The van der Waals surface area contributed by atoms with Gasteiger partial charge in [0.05, 0.1) is 16.8 Å². The number of nitrogens with two attached hydrogens (primary N) is 1. The first-order chi connectivity index (χ1) is 11.7. The largest absolute Gasteiger partial charge is 0.369 e. The lowest BCUT2D eigenvalue weighted by Crippen LogP contribution is -2.37. The summed E-state index contributed by atoms with van der Waals surface area (Å²) in [5.41, 5.74) is 8.81. The number of amides is 1. The maximum atomic E-state index is 12.7. The fourth-order valence-corrected chi connectivity index (χ4v) is 2.57. The summed E-state index contributed by atoms with van der Waals surface area (Å²) in [5.74, 6) is -0.211. The second-order valence-electron chi connectivity index (χ2n) is 5.32. The SMILES string of the molecule is CCc1cnc2ccccc2c1C(=O)NC(N)=Nc1ccccc1. The highest BCUT2D eigenvalue weighted by atomic mass is 16.1. The molecule has 1 heterocycles. The summed E-state index contributed by atoms with van der Waals surface area (Å²) in [6, 6.07) is 16.8. The van der Waals surface area contributed by atoms with E-state index in [2.05, 4.69) is 15.3 Å². The topological polar surface area (TPSA) is 80.4 Å². The van der Waals surface area contributed by atoms with Crippen LogP contribution in [0.15, 0.2) is 65.8 Å². The van der Waals surface area contributed by atoms with Crippen molar-refractivity contribution < 1.29 is 4.79 Å². The zero-order valence-electron chi connectivity index (χ0n) is 13.4. The van der Waals surface area contributed by atoms with Crippen molar-refractivity contribution in [3.63, 3.8) is 0 Å². The molecule has 0 aliphatic rings. The van der Waals surface area contributed by atoms with E-state index in [1.807, 2.05) is 61.5 Å². The molecule has 0 saturated carbocycles. The highest BCUT2D eigenvalue weighted by Gasteiger charge is 2.16. The van der Waals surface area contributed by atoms with Gasteiger partial charge >= 0.3 is 0 Å². The second-order valence-corrected chi connectivity index (χ2v) is 5.32. The normalized spacial score (nSPS) is 11.5. The molecule has 0 saturated heterocycles. The monoisotopic (exact) mass is 318 g/mol. The molecule has 120 valence electrons. The maximum absolute atomic E-state index is 12.7. The smallest absolute Gasteiger partial charge is 0.258 e. The number of carbonyl (C=O) groups excluding carboxylic acids is 1.